The number of benzene rings is 2. The average molecular weight is 457 g/mol. The summed E-state index contributed by atoms with van der Waals surface area (Å²) in [5, 5.41) is 9.11. The number of aliphatic carboxylic acids is 1. The highest BCUT2D eigenvalue weighted by Crippen LogP contribution is 2.35. The van der Waals surface area contributed by atoms with E-state index in [9.17, 15) is 22.4 Å². The van der Waals surface area contributed by atoms with E-state index in [-0.39, 0.29) is 5.56 Å². The molecule has 30 heavy (non-hydrogen) atoms. The van der Waals surface area contributed by atoms with Crippen LogP contribution >= 0.6 is 23.1 Å². The van der Waals surface area contributed by atoms with Crippen molar-refractivity contribution in [3.63, 3.8) is 0 Å². The maximum Gasteiger partial charge on any atom is 0.419 e. The molecule has 4 nitrogen and oxygen atoms in total. The van der Waals surface area contributed by atoms with Gasteiger partial charge in [-0.2, -0.15) is 13.2 Å². The Kier molecular flexibility index (Phi) is 6.67. The quantitative estimate of drug-likeness (QED) is 0.347. The Morgan fingerprint density at radius 3 is 2.63 bits per heavy atom. The minimum atomic E-state index is -4.74. The van der Waals surface area contributed by atoms with Crippen molar-refractivity contribution < 1.29 is 32.2 Å². The number of hydrogen-bond acceptors (Lipinski definition) is 5. The Labute approximate surface area is 177 Å². The van der Waals surface area contributed by atoms with Crippen LogP contribution in [0.25, 0.3) is 10.6 Å². The van der Waals surface area contributed by atoms with Gasteiger partial charge in [0, 0.05) is 27.3 Å². The van der Waals surface area contributed by atoms with Crippen LogP contribution in [0.4, 0.5) is 17.6 Å². The summed E-state index contributed by atoms with van der Waals surface area (Å²) in [5.74, 6) is -1.32. The van der Waals surface area contributed by atoms with E-state index < -0.39 is 30.1 Å². The molecule has 0 radical (unpaired) electrons. The first-order valence-electron chi connectivity index (χ1n) is 8.53. The molecule has 0 aliphatic heterocycles. The fourth-order valence-corrected chi connectivity index (χ4v) is 4.48. The fourth-order valence-electron chi connectivity index (χ4n) is 2.55. The van der Waals surface area contributed by atoms with Gasteiger partial charge in [0.15, 0.2) is 6.61 Å². The van der Waals surface area contributed by atoms with Gasteiger partial charge in [-0.05, 0) is 42.8 Å². The number of aromatic nitrogens is 1. The summed E-state index contributed by atoms with van der Waals surface area (Å²) in [6.07, 6.45) is -3.13. The summed E-state index contributed by atoms with van der Waals surface area (Å²) >= 11 is 2.79. The number of halogens is 4. The molecule has 3 aromatic rings. The lowest BCUT2D eigenvalue weighted by Gasteiger charge is -2.08. The fraction of sp³-hybridized carbons (Fsp3) is 0.200. The van der Waals surface area contributed by atoms with Crippen LogP contribution in [0.2, 0.25) is 0 Å². The van der Waals surface area contributed by atoms with E-state index in [1.165, 1.54) is 29.2 Å². The molecule has 0 saturated heterocycles. The average Bonchev–Trinajstić information content (AvgIpc) is 3.13. The summed E-state index contributed by atoms with van der Waals surface area (Å²) in [6, 6.07) is 8.15. The molecule has 0 bridgehead atoms. The molecule has 0 aliphatic rings. The van der Waals surface area contributed by atoms with Crippen LogP contribution in [0.15, 0.2) is 47.5 Å². The largest absolute Gasteiger partial charge is 0.482 e. The summed E-state index contributed by atoms with van der Waals surface area (Å²) < 4.78 is 57.0. The van der Waals surface area contributed by atoms with Crippen LogP contribution < -0.4 is 4.74 Å². The highest BCUT2D eigenvalue weighted by molar-refractivity contribution is 7.98. The van der Waals surface area contributed by atoms with Crippen molar-refractivity contribution in [2.75, 3.05) is 6.61 Å². The third-order valence-electron chi connectivity index (χ3n) is 3.95. The lowest BCUT2D eigenvalue weighted by atomic mass is 10.1. The van der Waals surface area contributed by atoms with Gasteiger partial charge in [-0.25, -0.2) is 14.2 Å². The van der Waals surface area contributed by atoms with Crippen molar-refractivity contribution in [2.24, 2.45) is 0 Å². The standard InChI is InChI=1S/C20H15F4NO3S2/c1-11-6-13(3-5-17(11)28-9-18(26)27)29-10-14-8-25-19(30-14)12-2-4-15(16(21)7-12)20(22,23)24/h2-8H,9-10H2,1H3,(H,26,27). The van der Waals surface area contributed by atoms with E-state index in [4.69, 9.17) is 9.84 Å². The monoisotopic (exact) mass is 457 g/mol. The predicted octanol–water partition coefficient (Wildman–Crippen LogP) is 6.03. The number of rotatable bonds is 7. The van der Waals surface area contributed by atoms with E-state index in [1.807, 2.05) is 19.1 Å². The second-order valence-electron chi connectivity index (χ2n) is 6.22. The first-order chi connectivity index (χ1) is 14.1. The van der Waals surface area contributed by atoms with E-state index in [0.29, 0.717) is 16.5 Å². The van der Waals surface area contributed by atoms with E-state index in [1.54, 1.807) is 12.3 Å². The highest BCUT2D eigenvalue weighted by Gasteiger charge is 2.34. The molecule has 1 heterocycles. The van der Waals surface area contributed by atoms with Crippen LogP contribution in [0.1, 0.15) is 16.0 Å². The van der Waals surface area contributed by atoms with Crippen LogP contribution in [0.3, 0.4) is 0 Å². The van der Waals surface area contributed by atoms with E-state index in [0.717, 1.165) is 27.5 Å². The smallest absolute Gasteiger partial charge is 0.419 e. The molecule has 0 aliphatic carbocycles. The molecular formula is C20H15F4NO3S2. The number of alkyl halides is 3. The third-order valence-corrected chi connectivity index (χ3v) is 6.23. The van der Waals surface area contributed by atoms with Crippen LogP contribution in [0.5, 0.6) is 5.75 Å². The Morgan fingerprint density at radius 2 is 2.00 bits per heavy atom. The molecule has 10 heteroatoms. The van der Waals surface area contributed by atoms with E-state index in [2.05, 4.69) is 4.98 Å². The van der Waals surface area contributed by atoms with Gasteiger partial charge in [0.2, 0.25) is 0 Å². The van der Waals surface area contributed by atoms with Gasteiger partial charge in [-0.15, -0.1) is 23.1 Å². The zero-order valence-electron chi connectivity index (χ0n) is 15.5. The van der Waals surface area contributed by atoms with Crippen LogP contribution in [0, 0.1) is 12.7 Å². The number of thioether (sulfide) groups is 1. The summed E-state index contributed by atoms with van der Waals surface area (Å²) in [6.45, 7) is 1.40. The first kappa shape index (κ1) is 22.1. The van der Waals surface area contributed by atoms with Gasteiger partial charge in [-0.3, -0.25) is 0 Å². The lowest BCUT2D eigenvalue weighted by molar-refractivity contribution is -0.140. The molecule has 1 aromatic heterocycles. The third kappa shape index (κ3) is 5.51. The maximum absolute atomic E-state index is 13.8. The number of aryl methyl sites for hydroxylation is 1. The molecule has 0 fully saturated rings. The van der Waals surface area contributed by atoms with Gasteiger partial charge in [0.1, 0.15) is 16.6 Å². The minimum absolute atomic E-state index is 0.289. The van der Waals surface area contributed by atoms with Crippen molar-refractivity contribution >= 4 is 29.1 Å². The lowest BCUT2D eigenvalue weighted by Crippen LogP contribution is -2.09. The zero-order chi connectivity index (χ0) is 21.9. The SMILES string of the molecule is Cc1cc(SCc2cnc(-c3ccc(C(F)(F)F)c(F)c3)s2)ccc1OCC(=O)O. The number of nitrogens with zero attached hydrogens (tertiary/aromatic N) is 1. The normalized spacial score (nSPS) is 11.5. The number of carboxylic acid groups (broad SMARTS) is 1. The molecule has 0 amide bonds. The Morgan fingerprint density at radius 1 is 1.23 bits per heavy atom. The Hall–Kier alpha value is -2.59. The topological polar surface area (TPSA) is 59.4 Å². The Balaban J connectivity index is 1.66. The summed E-state index contributed by atoms with van der Waals surface area (Å²) in [4.78, 5) is 16.6. The number of carboxylic acids is 1. The van der Waals surface area contributed by atoms with E-state index >= 15 is 0 Å². The van der Waals surface area contributed by atoms with Crippen molar-refractivity contribution in [2.45, 2.75) is 23.7 Å². The molecule has 2 aromatic carbocycles. The molecule has 0 unspecified atom stereocenters. The molecule has 3 rings (SSSR count). The van der Waals surface area contributed by atoms with Crippen molar-refractivity contribution in [1.82, 2.24) is 4.98 Å². The molecule has 1 N–H and O–H groups in total. The maximum atomic E-state index is 13.8. The predicted molar refractivity (Wildman–Crippen MR) is 106 cm³/mol. The number of thiazole rings is 1. The Bertz CT molecular complexity index is 1070. The van der Waals surface area contributed by atoms with Gasteiger partial charge < -0.3 is 9.84 Å². The minimum Gasteiger partial charge on any atom is -0.482 e. The molecule has 0 saturated carbocycles. The summed E-state index contributed by atoms with van der Waals surface area (Å²) in [5.41, 5.74) is -0.214. The number of ether oxygens (including phenoxy) is 1. The van der Waals surface area contributed by atoms with Gasteiger partial charge in [0.25, 0.3) is 0 Å². The van der Waals surface area contributed by atoms with Crippen molar-refractivity contribution in [1.29, 1.82) is 0 Å². The van der Waals surface area contributed by atoms with Crippen LogP contribution in [-0.4, -0.2) is 22.7 Å². The van der Waals surface area contributed by atoms with Gasteiger partial charge in [0.05, 0.1) is 5.56 Å². The zero-order valence-corrected chi connectivity index (χ0v) is 17.1. The van der Waals surface area contributed by atoms with Gasteiger partial charge >= 0.3 is 12.1 Å². The molecule has 158 valence electrons. The number of hydrogen-bond donors (Lipinski definition) is 1. The molecule has 0 atom stereocenters. The number of carbonyl (C=O) groups is 1. The van der Waals surface area contributed by atoms with Gasteiger partial charge in [-0.1, -0.05) is 6.07 Å². The van der Waals surface area contributed by atoms with Crippen molar-refractivity contribution in [3.05, 3.63) is 64.4 Å². The second kappa shape index (κ2) is 9.05. The summed E-state index contributed by atoms with van der Waals surface area (Å²) in [7, 11) is 0. The first-order valence-corrected chi connectivity index (χ1v) is 10.3. The highest BCUT2D eigenvalue weighted by atomic mass is 32.2. The van der Waals surface area contributed by atoms with Crippen LogP contribution in [-0.2, 0) is 16.7 Å². The molecule has 0 spiro atoms. The molecular weight excluding hydrogens is 442 g/mol. The van der Waals surface area contributed by atoms with Crippen molar-refractivity contribution in [3.8, 4) is 16.3 Å². The second-order valence-corrected chi connectivity index (χ2v) is 8.39.